The van der Waals surface area contributed by atoms with Gasteiger partial charge in [-0.2, -0.15) is 5.26 Å². The Kier molecular flexibility index (Phi) is 4.46. The van der Waals surface area contributed by atoms with E-state index in [2.05, 4.69) is 6.07 Å². The third-order valence-electron chi connectivity index (χ3n) is 3.24. The number of hydrogen-bond acceptors (Lipinski definition) is 4. The molecule has 0 fully saturated rings. The van der Waals surface area contributed by atoms with Crippen LogP contribution in [-0.4, -0.2) is 7.11 Å². The Balaban J connectivity index is 2.47. The van der Waals surface area contributed by atoms with Crippen LogP contribution in [0.25, 0.3) is 0 Å². The van der Waals surface area contributed by atoms with Crippen molar-refractivity contribution in [1.29, 1.82) is 5.26 Å². The molecule has 108 valence electrons. The number of nitrogens with zero attached hydrogens (tertiary/aromatic N) is 1. The summed E-state index contributed by atoms with van der Waals surface area (Å²) in [4.78, 5) is 0. The fourth-order valence-electron chi connectivity index (χ4n) is 2.14. The van der Waals surface area contributed by atoms with Gasteiger partial charge in [-0.15, -0.1) is 0 Å². The third kappa shape index (κ3) is 3.15. The highest BCUT2D eigenvalue weighted by Crippen LogP contribution is 2.36. The average molecular weight is 282 g/mol. The Morgan fingerprint density at radius 3 is 2.48 bits per heavy atom. The normalized spacial score (nSPS) is 11.6. The second-order valence-electron chi connectivity index (χ2n) is 4.85. The van der Waals surface area contributed by atoms with Crippen molar-refractivity contribution >= 4 is 0 Å². The summed E-state index contributed by atoms with van der Waals surface area (Å²) in [6, 6.07) is 12.8. The van der Waals surface area contributed by atoms with E-state index >= 15 is 0 Å². The van der Waals surface area contributed by atoms with Gasteiger partial charge >= 0.3 is 0 Å². The van der Waals surface area contributed by atoms with Gasteiger partial charge in [0.15, 0.2) is 0 Å². The lowest BCUT2D eigenvalue weighted by atomic mass is 10.1. The minimum absolute atomic E-state index is 0.226. The molecule has 4 heteroatoms. The maximum Gasteiger partial charge on any atom is 0.135 e. The van der Waals surface area contributed by atoms with Crippen molar-refractivity contribution in [3.8, 4) is 23.3 Å². The van der Waals surface area contributed by atoms with E-state index in [0.29, 0.717) is 22.8 Å². The predicted molar refractivity (Wildman–Crippen MR) is 81.6 cm³/mol. The second-order valence-corrected chi connectivity index (χ2v) is 4.85. The van der Waals surface area contributed by atoms with Crippen LogP contribution in [0, 0.1) is 18.3 Å². The first-order valence-corrected chi connectivity index (χ1v) is 6.68. The SMILES string of the molecule is COc1cccc(Oc2cc(C#N)ccc2C)c1C(C)N. The Hall–Kier alpha value is -2.51. The molecule has 21 heavy (non-hydrogen) atoms. The van der Waals surface area contributed by atoms with Crippen LogP contribution in [0.2, 0.25) is 0 Å². The summed E-state index contributed by atoms with van der Waals surface area (Å²) in [7, 11) is 1.60. The summed E-state index contributed by atoms with van der Waals surface area (Å²) >= 11 is 0. The monoisotopic (exact) mass is 282 g/mol. The summed E-state index contributed by atoms with van der Waals surface area (Å²) in [6.45, 7) is 3.81. The number of hydrogen-bond donors (Lipinski definition) is 1. The van der Waals surface area contributed by atoms with Gasteiger partial charge in [0, 0.05) is 6.04 Å². The van der Waals surface area contributed by atoms with Gasteiger partial charge in [0.2, 0.25) is 0 Å². The maximum atomic E-state index is 9.00. The molecule has 0 heterocycles. The summed E-state index contributed by atoms with van der Waals surface area (Å²) in [5.41, 5.74) is 8.34. The molecule has 2 aromatic carbocycles. The molecule has 0 aliphatic heterocycles. The molecule has 4 nitrogen and oxygen atoms in total. The van der Waals surface area contributed by atoms with Crippen LogP contribution in [0.4, 0.5) is 0 Å². The van der Waals surface area contributed by atoms with Gasteiger partial charge in [0.25, 0.3) is 0 Å². The fourth-order valence-corrected chi connectivity index (χ4v) is 2.14. The number of nitrogens with two attached hydrogens (primary N) is 1. The number of aryl methyl sites for hydroxylation is 1. The van der Waals surface area contributed by atoms with Crippen molar-refractivity contribution in [2.75, 3.05) is 7.11 Å². The van der Waals surface area contributed by atoms with Crippen molar-refractivity contribution < 1.29 is 9.47 Å². The number of ether oxygens (including phenoxy) is 2. The van der Waals surface area contributed by atoms with Crippen LogP contribution < -0.4 is 15.2 Å². The van der Waals surface area contributed by atoms with E-state index in [9.17, 15) is 0 Å². The van der Waals surface area contributed by atoms with Crippen molar-refractivity contribution in [3.63, 3.8) is 0 Å². The highest BCUT2D eigenvalue weighted by Gasteiger charge is 2.15. The summed E-state index contributed by atoms with van der Waals surface area (Å²) in [5.74, 6) is 1.98. The molecule has 1 atom stereocenters. The molecule has 0 aliphatic carbocycles. The fraction of sp³-hybridized carbons (Fsp3) is 0.235. The smallest absolute Gasteiger partial charge is 0.135 e. The number of benzene rings is 2. The van der Waals surface area contributed by atoms with Crippen molar-refractivity contribution in [3.05, 3.63) is 53.1 Å². The van der Waals surface area contributed by atoms with E-state index in [0.717, 1.165) is 11.1 Å². The van der Waals surface area contributed by atoms with Gasteiger partial charge in [0.05, 0.1) is 24.3 Å². The first-order chi connectivity index (χ1) is 10.1. The van der Waals surface area contributed by atoms with E-state index in [4.69, 9.17) is 20.5 Å². The largest absolute Gasteiger partial charge is 0.496 e. The highest BCUT2D eigenvalue weighted by atomic mass is 16.5. The Bertz CT molecular complexity index is 688. The van der Waals surface area contributed by atoms with E-state index in [1.54, 1.807) is 19.2 Å². The van der Waals surface area contributed by atoms with Crippen LogP contribution in [-0.2, 0) is 0 Å². The van der Waals surface area contributed by atoms with Crippen LogP contribution in [0.15, 0.2) is 36.4 Å². The van der Waals surface area contributed by atoms with Gasteiger partial charge in [-0.1, -0.05) is 12.1 Å². The zero-order chi connectivity index (χ0) is 15.4. The standard InChI is InChI=1S/C17H18N2O2/c1-11-7-8-13(10-18)9-16(11)21-15-6-4-5-14(20-3)17(15)12(2)19/h4-9,12H,19H2,1-3H3. The number of methoxy groups -OCH3 is 1. The Morgan fingerprint density at radius 2 is 1.86 bits per heavy atom. The molecular weight excluding hydrogens is 264 g/mol. The highest BCUT2D eigenvalue weighted by molar-refractivity contribution is 5.50. The van der Waals surface area contributed by atoms with Crippen LogP contribution in [0.5, 0.6) is 17.2 Å². The quantitative estimate of drug-likeness (QED) is 0.928. The van der Waals surface area contributed by atoms with E-state index < -0.39 is 0 Å². The van der Waals surface area contributed by atoms with Gasteiger partial charge in [0.1, 0.15) is 17.2 Å². The summed E-state index contributed by atoms with van der Waals surface area (Å²) in [6.07, 6.45) is 0. The average Bonchev–Trinajstić information content (AvgIpc) is 2.48. The predicted octanol–water partition coefficient (Wildman–Crippen LogP) is 3.69. The van der Waals surface area contributed by atoms with Crippen LogP contribution >= 0.6 is 0 Å². The molecule has 0 saturated heterocycles. The van der Waals surface area contributed by atoms with E-state index in [-0.39, 0.29) is 6.04 Å². The Labute approximate surface area is 124 Å². The number of rotatable bonds is 4. The second kappa shape index (κ2) is 6.29. The minimum atomic E-state index is -0.226. The zero-order valence-electron chi connectivity index (χ0n) is 12.4. The minimum Gasteiger partial charge on any atom is -0.496 e. The number of nitriles is 1. The molecular formula is C17H18N2O2. The first-order valence-electron chi connectivity index (χ1n) is 6.68. The lowest BCUT2D eigenvalue weighted by Gasteiger charge is -2.18. The molecule has 0 saturated carbocycles. The topological polar surface area (TPSA) is 68.3 Å². The Morgan fingerprint density at radius 1 is 1.14 bits per heavy atom. The van der Waals surface area contributed by atoms with Gasteiger partial charge in [-0.25, -0.2) is 0 Å². The molecule has 0 amide bonds. The molecule has 0 spiro atoms. The van der Waals surface area contributed by atoms with Crippen LogP contribution in [0.1, 0.15) is 29.7 Å². The van der Waals surface area contributed by atoms with Gasteiger partial charge in [-0.3, -0.25) is 0 Å². The lowest BCUT2D eigenvalue weighted by Crippen LogP contribution is -2.09. The van der Waals surface area contributed by atoms with E-state index in [1.807, 2.05) is 38.1 Å². The molecule has 0 radical (unpaired) electrons. The van der Waals surface area contributed by atoms with Gasteiger partial charge in [-0.05, 0) is 43.7 Å². The molecule has 0 aromatic heterocycles. The maximum absolute atomic E-state index is 9.00. The van der Waals surface area contributed by atoms with Crippen molar-refractivity contribution in [2.45, 2.75) is 19.9 Å². The molecule has 2 aromatic rings. The molecule has 2 N–H and O–H groups in total. The molecule has 2 rings (SSSR count). The van der Waals surface area contributed by atoms with Gasteiger partial charge < -0.3 is 15.2 Å². The first kappa shape index (κ1) is 14.9. The van der Waals surface area contributed by atoms with Crippen molar-refractivity contribution in [1.82, 2.24) is 0 Å². The molecule has 1 unspecified atom stereocenters. The van der Waals surface area contributed by atoms with E-state index in [1.165, 1.54) is 0 Å². The molecule has 0 aliphatic rings. The summed E-state index contributed by atoms with van der Waals surface area (Å²) < 4.78 is 11.3. The zero-order valence-corrected chi connectivity index (χ0v) is 12.4. The summed E-state index contributed by atoms with van der Waals surface area (Å²) in [5, 5.41) is 9.00. The molecule has 0 bridgehead atoms. The van der Waals surface area contributed by atoms with Crippen molar-refractivity contribution in [2.24, 2.45) is 5.73 Å². The third-order valence-corrected chi connectivity index (χ3v) is 3.24. The lowest BCUT2D eigenvalue weighted by molar-refractivity contribution is 0.397. The van der Waals surface area contributed by atoms with Crippen LogP contribution in [0.3, 0.4) is 0 Å².